The molecule has 0 aliphatic heterocycles. The average molecular weight is 285 g/mol. The van der Waals surface area contributed by atoms with Gasteiger partial charge in [0.25, 0.3) is 5.91 Å². The summed E-state index contributed by atoms with van der Waals surface area (Å²) in [6.07, 6.45) is 2.53. The van der Waals surface area contributed by atoms with Gasteiger partial charge in [0.05, 0.1) is 0 Å². The molecule has 2 rings (SSSR count). The van der Waals surface area contributed by atoms with Crippen LogP contribution in [-0.4, -0.2) is 31.2 Å². The van der Waals surface area contributed by atoms with Gasteiger partial charge in [-0.2, -0.15) is 0 Å². The zero-order valence-corrected chi connectivity index (χ0v) is 12.0. The molecule has 0 saturated carbocycles. The van der Waals surface area contributed by atoms with E-state index in [2.05, 4.69) is 15.6 Å². The van der Waals surface area contributed by atoms with E-state index < -0.39 is 0 Å². The summed E-state index contributed by atoms with van der Waals surface area (Å²) < 4.78 is 4.99. The number of rotatable bonds is 7. The van der Waals surface area contributed by atoms with Crippen molar-refractivity contribution in [1.29, 1.82) is 0 Å². The van der Waals surface area contributed by atoms with Crippen LogP contribution in [0.15, 0.2) is 48.7 Å². The van der Waals surface area contributed by atoms with Crippen LogP contribution in [0.4, 0.5) is 11.4 Å². The largest absolute Gasteiger partial charge is 0.385 e. The van der Waals surface area contributed by atoms with E-state index in [-0.39, 0.29) is 5.91 Å². The number of amides is 1. The highest BCUT2D eigenvalue weighted by molar-refractivity contribution is 6.03. The predicted octanol–water partition coefficient (Wildman–Crippen LogP) is 2.78. The monoisotopic (exact) mass is 285 g/mol. The molecule has 0 bridgehead atoms. The average Bonchev–Trinajstić information content (AvgIpc) is 2.53. The summed E-state index contributed by atoms with van der Waals surface area (Å²) in [7, 11) is 1.68. The van der Waals surface area contributed by atoms with Gasteiger partial charge in [0.15, 0.2) is 0 Å². The van der Waals surface area contributed by atoms with Gasteiger partial charge in [-0.15, -0.1) is 0 Å². The van der Waals surface area contributed by atoms with Gasteiger partial charge < -0.3 is 15.4 Å². The second-order valence-electron chi connectivity index (χ2n) is 4.52. The first-order valence-electron chi connectivity index (χ1n) is 6.85. The Morgan fingerprint density at radius 3 is 2.76 bits per heavy atom. The van der Waals surface area contributed by atoms with Gasteiger partial charge in [-0.25, -0.2) is 0 Å². The van der Waals surface area contributed by atoms with E-state index in [1.165, 1.54) is 0 Å². The lowest BCUT2D eigenvalue weighted by Gasteiger charge is -2.08. The van der Waals surface area contributed by atoms with Gasteiger partial charge in [-0.3, -0.25) is 9.78 Å². The maximum Gasteiger partial charge on any atom is 0.274 e. The first kappa shape index (κ1) is 15.0. The standard InChI is InChI=1S/C16H19N3O2/c1-21-11-5-9-17-14-8-10-18-15(12-14)16(20)19-13-6-3-2-4-7-13/h2-4,6-8,10,12H,5,9,11H2,1H3,(H,17,18)(H,19,20). The van der Waals surface area contributed by atoms with Crippen molar-refractivity contribution in [2.45, 2.75) is 6.42 Å². The fourth-order valence-corrected chi connectivity index (χ4v) is 1.83. The van der Waals surface area contributed by atoms with Crippen LogP contribution < -0.4 is 10.6 Å². The summed E-state index contributed by atoms with van der Waals surface area (Å²) in [5, 5.41) is 6.05. The number of anilines is 2. The topological polar surface area (TPSA) is 63.2 Å². The van der Waals surface area contributed by atoms with E-state index in [4.69, 9.17) is 4.74 Å². The number of nitrogens with one attached hydrogen (secondary N) is 2. The molecule has 1 aromatic carbocycles. The van der Waals surface area contributed by atoms with Crippen LogP contribution in [0.25, 0.3) is 0 Å². The summed E-state index contributed by atoms with van der Waals surface area (Å²) in [4.78, 5) is 16.2. The van der Waals surface area contributed by atoms with E-state index in [9.17, 15) is 4.79 Å². The SMILES string of the molecule is COCCCNc1ccnc(C(=O)Nc2ccccc2)c1. The number of carbonyl (C=O) groups is 1. The minimum absolute atomic E-state index is 0.221. The summed E-state index contributed by atoms with van der Waals surface area (Å²) in [6.45, 7) is 1.50. The van der Waals surface area contributed by atoms with Gasteiger partial charge in [-0.05, 0) is 30.7 Å². The summed E-state index contributed by atoms with van der Waals surface area (Å²) in [5.74, 6) is -0.221. The van der Waals surface area contributed by atoms with Crippen molar-refractivity contribution in [2.75, 3.05) is 30.9 Å². The number of nitrogens with zero attached hydrogens (tertiary/aromatic N) is 1. The molecule has 5 heteroatoms. The molecule has 0 saturated heterocycles. The number of hydrogen-bond donors (Lipinski definition) is 2. The van der Waals surface area contributed by atoms with Crippen molar-refractivity contribution in [1.82, 2.24) is 4.98 Å². The van der Waals surface area contributed by atoms with Crippen molar-refractivity contribution in [3.8, 4) is 0 Å². The van der Waals surface area contributed by atoms with Crippen molar-refractivity contribution in [2.24, 2.45) is 0 Å². The number of methoxy groups -OCH3 is 1. The molecule has 21 heavy (non-hydrogen) atoms. The molecule has 0 atom stereocenters. The third kappa shape index (κ3) is 4.89. The molecule has 0 aliphatic carbocycles. The molecule has 110 valence electrons. The van der Waals surface area contributed by atoms with E-state index in [1.807, 2.05) is 36.4 Å². The molecular formula is C16H19N3O2. The Morgan fingerprint density at radius 2 is 2.00 bits per heavy atom. The smallest absolute Gasteiger partial charge is 0.274 e. The number of aromatic nitrogens is 1. The third-order valence-electron chi connectivity index (χ3n) is 2.88. The van der Waals surface area contributed by atoms with E-state index in [0.29, 0.717) is 12.3 Å². The number of pyridine rings is 1. The molecule has 0 radical (unpaired) electrons. The van der Waals surface area contributed by atoms with Crippen LogP contribution in [-0.2, 0) is 4.74 Å². The summed E-state index contributed by atoms with van der Waals surface area (Å²) in [5.41, 5.74) is 2.01. The lowest BCUT2D eigenvalue weighted by molar-refractivity contribution is 0.102. The quantitative estimate of drug-likeness (QED) is 0.768. The molecule has 1 amide bonds. The second kappa shape index (κ2) is 8.01. The molecule has 0 unspecified atom stereocenters. The van der Waals surface area contributed by atoms with Gasteiger partial charge in [0, 0.05) is 37.8 Å². The lowest BCUT2D eigenvalue weighted by Crippen LogP contribution is -2.14. The van der Waals surface area contributed by atoms with Crippen LogP contribution >= 0.6 is 0 Å². The van der Waals surface area contributed by atoms with Crippen molar-refractivity contribution < 1.29 is 9.53 Å². The Balaban J connectivity index is 1.95. The van der Waals surface area contributed by atoms with Crippen LogP contribution in [0, 0.1) is 0 Å². The van der Waals surface area contributed by atoms with Crippen LogP contribution in [0.1, 0.15) is 16.9 Å². The first-order valence-corrected chi connectivity index (χ1v) is 6.85. The molecule has 2 aromatic rings. The number of hydrogen-bond acceptors (Lipinski definition) is 4. The second-order valence-corrected chi connectivity index (χ2v) is 4.52. The number of ether oxygens (including phenoxy) is 1. The Hall–Kier alpha value is -2.40. The lowest BCUT2D eigenvalue weighted by atomic mass is 10.2. The zero-order valence-electron chi connectivity index (χ0n) is 12.0. The Kier molecular flexibility index (Phi) is 5.72. The molecule has 0 spiro atoms. The maximum atomic E-state index is 12.1. The van der Waals surface area contributed by atoms with Crippen LogP contribution in [0.3, 0.4) is 0 Å². The predicted molar refractivity (Wildman–Crippen MR) is 83.6 cm³/mol. The normalized spacial score (nSPS) is 10.1. The first-order chi connectivity index (χ1) is 10.3. The Bertz CT molecular complexity index is 573. The van der Waals surface area contributed by atoms with Gasteiger partial charge in [0.2, 0.25) is 0 Å². The van der Waals surface area contributed by atoms with Gasteiger partial charge >= 0.3 is 0 Å². The van der Waals surface area contributed by atoms with Crippen LogP contribution in [0.2, 0.25) is 0 Å². The van der Waals surface area contributed by atoms with Crippen molar-refractivity contribution in [3.63, 3.8) is 0 Å². The Labute approximate surface area is 124 Å². The maximum absolute atomic E-state index is 12.1. The molecule has 2 N–H and O–H groups in total. The highest BCUT2D eigenvalue weighted by Crippen LogP contribution is 2.11. The number of benzene rings is 1. The van der Waals surface area contributed by atoms with E-state index >= 15 is 0 Å². The molecular weight excluding hydrogens is 266 g/mol. The highest BCUT2D eigenvalue weighted by Gasteiger charge is 2.08. The molecule has 0 aliphatic rings. The van der Waals surface area contributed by atoms with E-state index in [1.54, 1.807) is 19.4 Å². The molecule has 5 nitrogen and oxygen atoms in total. The molecule has 1 heterocycles. The van der Waals surface area contributed by atoms with Crippen LogP contribution in [0.5, 0.6) is 0 Å². The highest BCUT2D eigenvalue weighted by atomic mass is 16.5. The Morgan fingerprint density at radius 1 is 1.19 bits per heavy atom. The van der Waals surface area contributed by atoms with E-state index in [0.717, 1.165) is 24.3 Å². The van der Waals surface area contributed by atoms with Crippen molar-refractivity contribution >= 4 is 17.3 Å². The zero-order chi connectivity index (χ0) is 14.9. The fourth-order valence-electron chi connectivity index (χ4n) is 1.83. The summed E-state index contributed by atoms with van der Waals surface area (Å²) in [6, 6.07) is 12.9. The van der Waals surface area contributed by atoms with Crippen molar-refractivity contribution in [3.05, 3.63) is 54.4 Å². The minimum Gasteiger partial charge on any atom is -0.385 e. The third-order valence-corrected chi connectivity index (χ3v) is 2.88. The molecule has 0 fully saturated rings. The fraction of sp³-hybridized carbons (Fsp3) is 0.250. The number of para-hydroxylation sites is 1. The molecule has 1 aromatic heterocycles. The van der Waals surface area contributed by atoms with Gasteiger partial charge in [-0.1, -0.05) is 18.2 Å². The van der Waals surface area contributed by atoms with Gasteiger partial charge in [0.1, 0.15) is 5.69 Å². The minimum atomic E-state index is -0.221. The number of carbonyl (C=O) groups excluding carboxylic acids is 1. The summed E-state index contributed by atoms with van der Waals surface area (Å²) >= 11 is 0.